The van der Waals surface area contributed by atoms with Crippen molar-refractivity contribution in [3.63, 3.8) is 0 Å². The highest BCUT2D eigenvalue weighted by atomic mass is 16.6. The van der Waals surface area contributed by atoms with Crippen LogP contribution in [0.1, 0.15) is 239 Å². The van der Waals surface area contributed by atoms with Gasteiger partial charge in [-0.05, 0) is 122 Å². The van der Waals surface area contributed by atoms with Crippen molar-refractivity contribution in [2.45, 2.75) is 245 Å². The first kappa shape index (κ1) is 70.0. The van der Waals surface area contributed by atoms with Crippen LogP contribution in [-0.2, 0) is 28.6 Å². The Labute approximate surface area is 460 Å². The monoisotopic (exact) mass is 1030 g/mol. The number of esters is 3. The van der Waals surface area contributed by atoms with E-state index in [2.05, 4.69) is 167 Å². The van der Waals surface area contributed by atoms with Gasteiger partial charge in [0.05, 0.1) is 6.42 Å². The molecule has 0 aromatic carbocycles. The Bertz CT molecular complexity index is 1710. The van der Waals surface area contributed by atoms with Gasteiger partial charge in [0, 0.05) is 12.8 Å². The van der Waals surface area contributed by atoms with Crippen molar-refractivity contribution < 1.29 is 28.6 Å². The average molecular weight is 1030 g/mol. The molecule has 6 heteroatoms. The van der Waals surface area contributed by atoms with Gasteiger partial charge in [-0.2, -0.15) is 0 Å². The number of allylic oxidation sites excluding steroid dienone is 25. The van der Waals surface area contributed by atoms with E-state index in [1.165, 1.54) is 64.2 Å². The predicted octanol–water partition coefficient (Wildman–Crippen LogP) is 20.5. The molecule has 0 aromatic rings. The second kappa shape index (κ2) is 61.6. The van der Waals surface area contributed by atoms with Gasteiger partial charge in [-0.25, -0.2) is 0 Å². The van der Waals surface area contributed by atoms with E-state index in [-0.39, 0.29) is 31.6 Å². The molecule has 420 valence electrons. The lowest BCUT2D eigenvalue weighted by atomic mass is 10.1. The Morgan fingerprint density at radius 2 is 0.533 bits per heavy atom. The van der Waals surface area contributed by atoms with E-state index in [1.807, 2.05) is 6.08 Å². The molecule has 0 spiro atoms. The maximum absolute atomic E-state index is 12.9. The Hall–Kier alpha value is -4.97. The Kier molecular flexibility index (Phi) is 57.5. The van der Waals surface area contributed by atoms with Gasteiger partial charge in [0.15, 0.2) is 6.10 Å². The third-order valence-electron chi connectivity index (χ3n) is 12.0. The van der Waals surface area contributed by atoms with Crippen molar-refractivity contribution in [3.8, 4) is 0 Å². The summed E-state index contributed by atoms with van der Waals surface area (Å²) in [4.78, 5) is 38.2. The second-order valence-electron chi connectivity index (χ2n) is 19.1. The van der Waals surface area contributed by atoms with Crippen LogP contribution in [0.3, 0.4) is 0 Å². The number of hydrogen-bond acceptors (Lipinski definition) is 6. The fraction of sp³-hybridized carbons (Fsp3) is 0.580. The van der Waals surface area contributed by atoms with Crippen LogP contribution in [0, 0.1) is 0 Å². The number of carbonyl (C=O) groups is 3. The third-order valence-corrected chi connectivity index (χ3v) is 12.0. The summed E-state index contributed by atoms with van der Waals surface area (Å²) in [5.41, 5.74) is 0. The molecule has 0 fully saturated rings. The third kappa shape index (κ3) is 59.8. The summed E-state index contributed by atoms with van der Waals surface area (Å²) in [5, 5.41) is 0. The van der Waals surface area contributed by atoms with Crippen LogP contribution in [0.25, 0.3) is 0 Å². The minimum atomic E-state index is -0.835. The number of carbonyl (C=O) groups excluding carboxylic acids is 3. The fourth-order valence-corrected chi connectivity index (χ4v) is 7.67. The summed E-state index contributed by atoms with van der Waals surface area (Å²) in [6, 6.07) is 0. The minimum absolute atomic E-state index is 0.116. The molecule has 0 N–H and O–H groups in total. The predicted molar refractivity (Wildman–Crippen MR) is 325 cm³/mol. The topological polar surface area (TPSA) is 78.9 Å². The lowest BCUT2D eigenvalue weighted by Gasteiger charge is -2.18. The molecule has 0 aliphatic rings. The van der Waals surface area contributed by atoms with Crippen molar-refractivity contribution >= 4 is 17.9 Å². The average Bonchev–Trinajstić information content (AvgIpc) is 3.41. The van der Waals surface area contributed by atoms with E-state index in [1.54, 1.807) is 6.08 Å². The van der Waals surface area contributed by atoms with Crippen molar-refractivity contribution in [3.05, 3.63) is 158 Å². The standard InChI is InChI=1S/C69H108O6/c1-4-7-10-13-16-19-22-25-28-30-32-34-36-38-41-44-47-50-53-56-59-62-68(71)74-65-66(64-73-67(70)61-58-55-52-49-46-43-40-27-24-21-18-15-12-9-6-3)75-69(72)63-60-57-54-51-48-45-42-39-37-35-33-31-29-26-23-20-17-14-11-8-5-2/h7-12,16-21,25-29,32-35,40,46,49,55,58,66H,4-6,13-15,22-24,30-31,36-39,41-45,47-48,50-54,56-57,59-65H2,1-3H3/b10-7-,11-8-,12-9-,19-16-,20-17-,21-18-,28-25-,29-26-,34-32-,35-33-,40-27-,49-46-,58-55-. The molecule has 0 radical (unpaired) electrons. The zero-order valence-electron chi connectivity index (χ0n) is 48.0. The molecule has 0 heterocycles. The van der Waals surface area contributed by atoms with Crippen LogP contribution in [0.2, 0.25) is 0 Å². The summed E-state index contributed by atoms with van der Waals surface area (Å²) >= 11 is 0. The van der Waals surface area contributed by atoms with Crippen LogP contribution in [0.5, 0.6) is 0 Å². The molecule has 75 heavy (non-hydrogen) atoms. The van der Waals surface area contributed by atoms with Gasteiger partial charge < -0.3 is 14.2 Å². The Morgan fingerprint density at radius 3 is 0.867 bits per heavy atom. The normalized spacial score (nSPS) is 13.3. The minimum Gasteiger partial charge on any atom is -0.462 e. The van der Waals surface area contributed by atoms with Crippen molar-refractivity contribution in [1.29, 1.82) is 0 Å². The molecule has 0 rings (SSSR count). The van der Waals surface area contributed by atoms with Gasteiger partial charge in [0.1, 0.15) is 13.2 Å². The molecule has 0 amide bonds. The number of ether oxygens (including phenoxy) is 3. The summed E-state index contributed by atoms with van der Waals surface area (Å²) < 4.78 is 16.8. The van der Waals surface area contributed by atoms with E-state index >= 15 is 0 Å². The number of unbranched alkanes of at least 4 members (excludes halogenated alkanes) is 16. The van der Waals surface area contributed by atoms with Gasteiger partial charge in [0.2, 0.25) is 0 Å². The zero-order chi connectivity index (χ0) is 54.3. The highest BCUT2D eigenvalue weighted by molar-refractivity contribution is 5.72. The van der Waals surface area contributed by atoms with Crippen LogP contribution in [0.4, 0.5) is 0 Å². The van der Waals surface area contributed by atoms with Gasteiger partial charge in [-0.15, -0.1) is 0 Å². The molecule has 6 nitrogen and oxygen atoms in total. The number of hydrogen-bond donors (Lipinski definition) is 0. The quantitative estimate of drug-likeness (QED) is 0.0261. The molecule has 0 aliphatic carbocycles. The molecule has 0 bridgehead atoms. The van der Waals surface area contributed by atoms with Crippen molar-refractivity contribution in [2.24, 2.45) is 0 Å². The largest absolute Gasteiger partial charge is 0.462 e. The summed E-state index contributed by atoms with van der Waals surface area (Å²) in [5.74, 6) is -1.08. The first-order valence-electron chi connectivity index (χ1n) is 30.0. The Balaban J connectivity index is 4.52. The smallest absolute Gasteiger partial charge is 0.309 e. The van der Waals surface area contributed by atoms with Gasteiger partial charge in [-0.1, -0.05) is 256 Å². The van der Waals surface area contributed by atoms with Crippen molar-refractivity contribution in [2.75, 3.05) is 13.2 Å². The second-order valence-corrected chi connectivity index (χ2v) is 19.1. The molecule has 0 saturated carbocycles. The van der Waals surface area contributed by atoms with Gasteiger partial charge in [-0.3, -0.25) is 14.4 Å². The van der Waals surface area contributed by atoms with E-state index in [9.17, 15) is 14.4 Å². The van der Waals surface area contributed by atoms with Crippen LogP contribution in [0.15, 0.2) is 158 Å². The van der Waals surface area contributed by atoms with Gasteiger partial charge >= 0.3 is 17.9 Å². The maximum atomic E-state index is 12.9. The summed E-state index contributed by atoms with van der Waals surface area (Å²) in [6.45, 7) is 6.19. The van der Waals surface area contributed by atoms with Crippen LogP contribution in [-0.4, -0.2) is 37.2 Å². The number of rotatable bonds is 52. The van der Waals surface area contributed by atoms with Crippen molar-refractivity contribution in [1.82, 2.24) is 0 Å². The SMILES string of the molecule is CC/C=C\C/C=C\C/C=C\C/C=C\C/C=C\CC(=O)OCC(COC(=O)CCCCCCCCCC/C=C\C/C=C\C/C=C\C/C=C\CC)OC(=O)CCCCCCCCCC/C=C\C/C=C\C/C=C\C/C=C\CC. The van der Waals surface area contributed by atoms with Crippen LogP contribution >= 0.6 is 0 Å². The summed E-state index contributed by atoms with van der Waals surface area (Å²) in [6.07, 6.45) is 89.7. The molecule has 0 aliphatic heterocycles. The molecule has 1 atom stereocenters. The van der Waals surface area contributed by atoms with E-state index in [0.717, 1.165) is 135 Å². The molecule has 1 unspecified atom stereocenters. The molecule has 0 saturated heterocycles. The Morgan fingerprint density at radius 1 is 0.280 bits per heavy atom. The van der Waals surface area contributed by atoms with Gasteiger partial charge in [0.25, 0.3) is 0 Å². The maximum Gasteiger partial charge on any atom is 0.309 e. The zero-order valence-corrected chi connectivity index (χ0v) is 48.0. The summed E-state index contributed by atoms with van der Waals surface area (Å²) in [7, 11) is 0. The lowest BCUT2D eigenvalue weighted by Crippen LogP contribution is -2.30. The highest BCUT2D eigenvalue weighted by Gasteiger charge is 2.19. The molecule has 0 aromatic heterocycles. The van der Waals surface area contributed by atoms with E-state index < -0.39 is 12.1 Å². The lowest BCUT2D eigenvalue weighted by molar-refractivity contribution is -0.166. The van der Waals surface area contributed by atoms with Crippen LogP contribution < -0.4 is 0 Å². The van der Waals surface area contributed by atoms with E-state index in [4.69, 9.17) is 14.2 Å². The van der Waals surface area contributed by atoms with E-state index in [0.29, 0.717) is 12.8 Å². The highest BCUT2D eigenvalue weighted by Crippen LogP contribution is 2.14. The molecular weight excluding hydrogens is 925 g/mol. The first-order chi connectivity index (χ1) is 37.0. The first-order valence-corrected chi connectivity index (χ1v) is 30.0. The fourth-order valence-electron chi connectivity index (χ4n) is 7.67. The molecular formula is C69H108O6.